The Bertz CT molecular complexity index is 1290. The van der Waals surface area contributed by atoms with Crippen molar-refractivity contribution in [3.05, 3.63) is 60.2 Å². The lowest BCUT2D eigenvalue weighted by Crippen LogP contribution is -2.15. The summed E-state index contributed by atoms with van der Waals surface area (Å²) in [5.41, 5.74) is 1.27. The quantitative estimate of drug-likeness (QED) is 0.441. The molecule has 3 rings (SSSR count). The maximum atomic E-state index is 12.7. The van der Waals surface area contributed by atoms with Crippen LogP contribution in [0.5, 0.6) is 11.9 Å². The van der Waals surface area contributed by atoms with Crippen molar-refractivity contribution in [2.45, 2.75) is 29.6 Å². The second-order valence-corrected chi connectivity index (χ2v) is 10.3. The second-order valence-electron chi connectivity index (χ2n) is 6.91. The molecule has 0 amide bonds. The minimum absolute atomic E-state index is 0.0463. The lowest BCUT2D eigenvalue weighted by Gasteiger charge is -2.11. The highest BCUT2D eigenvalue weighted by atomic mass is 32.2. The van der Waals surface area contributed by atoms with Gasteiger partial charge >= 0.3 is 6.01 Å². The number of hydrogen-bond donors (Lipinski definition) is 2. The van der Waals surface area contributed by atoms with Crippen molar-refractivity contribution < 1.29 is 26.3 Å². The van der Waals surface area contributed by atoms with Crippen LogP contribution in [0.25, 0.3) is 0 Å². The number of sulfonamides is 2. The molecule has 1 aromatic heterocycles. The van der Waals surface area contributed by atoms with Gasteiger partial charge in [0.25, 0.3) is 20.0 Å². The van der Waals surface area contributed by atoms with Gasteiger partial charge in [0, 0.05) is 11.8 Å². The van der Waals surface area contributed by atoms with Gasteiger partial charge < -0.3 is 9.47 Å². The standard InChI is InChI=1S/C21H24N4O6S2/c1-4-5-15-6-10-17(11-7-15)32(26,27)24-16-8-12-18(13-9-16)33(28,29)25-19-14-20(30-2)23-21(22-19)31-3/h6-14,24H,4-5H2,1-3H3,(H,22,23,25). The van der Waals surface area contributed by atoms with Gasteiger partial charge in [-0.05, 0) is 48.4 Å². The summed E-state index contributed by atoms with van der Waals surface area (Å²) in [6, 6.07) is 13.1. The first kappa shape index (κ1) is 24.3. The molecule has 10 nitrogen and oxygen atoms in total. The monoisotopic (exact) mass is 492 g/mol. The molecule has 0 aliphatic carbocycles. The largest absolute Gasteiger partial charge is 0.481 e. The lowest BCUT2D eigenvalue weighted by atomic mass is 10.1. The Kier molecular flexibility index (Phi) is 7.39. The molecule has 0 aliphatic heterocycles. The zero-order chi connectivity index (χ0) is 24.1. The van der Waals surface area contributed by atoms with E-state index in [0.717, 1.165) is 18.4 Å². The number of rotatable bonds is 10. The first-order chi connectivity index (χ1) is 15.7. The average Bonchev–Trinajstić information content (AvgIpc) is 2.79. The third-order valence-corrected chi connectivity index (χ3v) is 7.27. The zero-order valence-corrected chi connectivity index (χ0v) is 19.9. The molecule has 1 heterocycles. The molecule has 3 aromatic rings. The predicted molar refractivity (Wildman–Crippen MR) is 124 cm³/mol. The summed E-state index contributed by atoms with van der Waals surface area (Å²) in [6.07, 6.45) is 1.83. The van der Waals surface area contributed by atoms with E-state index < -0.39 is 20.0 Å². The Balaban J connectivity index is 1.76. The van der Waals surface area contributed by atoms with Crippen LogP contribution in [-0.2, 0) is 26.5 Å². The molecule has 0 aliphatic rings. The van der Waals surface area contributed by atoms with Crippen molar-refractivity contribution in [3.8, 4) is 11.9 Å². The second kappa shape index (κ2) is 10.0. The zero-order valence-electron chi connectivity index (χ0n) is 18.3. The van der Waals surface area contributed by atoms with Gasteiger partial charge in [-0.3, -0.25) is 9.44 Å². The normalized spacial score (nSPS) is 11.6. The summed E-state index contributed by atoms with van der Waals surface area (Å²) < 4.78 is 65.4. The van der Waals surface area contributed by atoms with Gasteiger partial charge in [0.05, 0.1) is 24.0 Å². The van der Waals surface area contributed by atoms with E-state index in [0.29, 0.717) is 0 Å². The van der Waals surface area contributed by atoms with E-state index in [1.807, 2.05) is 6.92 Å². The van der Waals surface area contributed by atoms with Crippen LogP contribution in [-0.4, -0.2) is 41.0 Å². The van der Waals surface area contributed by atoms with Gasteiger partial charge in [0.15, 0.2) is 5.82 Å². The van der Waals surface area contributed by atoms with Crippen LogP contribution in [0.2, 0.25) is 0 Å². The molecule has 0 spiro atoms. The Morgan fingerprint density at radius 3 is 1.91 bits per heavy atom. The summed E-state index contributed by atoms with van der Waals surface area (Å²) in [7, 11) is -5.12. The molecule has 0 saturated carbocycles. The fourth-order valence-corrected chi connectivity index (χ4v) is 4.94. The van der Waals surface area contributed by atoms with Crippen LogP contribution in [0.15, 0.2) is 64.4 Å². The third-order valence-electron chi connectivity index (χ3n) is 4.50. The topological polar surface area (TPSA) is 137 Å². The minimum atomic E-state index is -4.01. The molecule has 12 heteroatoms. The van der Waals surface area contributed by atoms with E-state index in [9.17, 15) is 16.8 Å². The summed E-state index contributed by atoms with van der Waals surface area (Å²) >= 11 is 0. The number of aromatic nitrogens is 2. The number of anilines is 2. The van der Waals surface area contributed by atoms with Crippen molar-refractivity contribution in [2.24, 2.45) is 0 Å². The highest BCUT2D eigenvalue weighted by molar-refractivity contribution is 7.93. The molecule has 33 heavy (non-hydrogen) atoms. The Morgan fingerprint density at radius 2 is 1.36 bits per heavy atom. The fourth-order valence-electron chi connectivity index (χ4n) is 2.89. The molecule has 0 saturated heterocycles. The van der Waals surface area contributed by atoms with E-state index in [4.69, 9.17) is 9.47 Å². The highest BCUT2D eigenvalue weighted by Gasteiger charge is 2.18. The molecule has 0 radical (unpaired) electrons. The van der Waals surface area contributed by atoms with E-state index >= 15 is 0 Å². The Morgan fingerprint density at radius 1 is 0.788 bits per heavy atom. The van der Waals surface area contributed by atoms with Crippen LogP contribution in [0.1, 0.15) is 18.9 Å². The molecular weight excluding hydrogens is 468 g/mol. The molecule has 2 aromatic carbocycles. The molecule has 2 N–H and O–H groups in total. The third kappa shape index (κ3) is 6.11. The average molecular weight is 493 g/mol. The molecule has 176 valence electrons. The Labute approximate surface area is 193 Å². The van der Waals surface area contributed by atoms with E-state index in [1.165, 1.54) is 44.6 Å². The number of hydrogen-bond acceptors (Lipinski definition) is 8. The molecule has 0 atom stereocenters. The van der Waals surface area contributed by atoms with E-state index in [-0.39, 0.29) is 33.2 Å². The van der Waals surface area contributed by atoms with Crippen LogP contribution >= 0.6 is 0 Å². The Hall–Kier alpha value is -3.38. The predicted octanol–water partition coefficient (Wildman–Crippen LogP) is 3.05. The van der Waals surface area contributed by atoms with Gasteiger partial charge in [-0.1, -0.05) is 25.5 Å². The molecule has 0 bridgehead atoms. The van der Waals surface area contributed by atoms with Crippen molar-refractivity contribution in [1.29, 1.82) is 0 Å². The maximum Gasteiger partial charge on any atom is 0.321 e. The number of ether oxygens (including phenoxy) is 2. The van der Waals surface area contributed by atoms with Crippen molar-refractivity contribution in [3.63, 3.8) is 0 Å². The SMILES string of the molecule is CCCc1ccc(S(=O)(=O)Nc2ccc(S(=O)(=O)Nc3cc(OC)nc(OC)n3)cc2)cc1. The van der Waals surface area contributed by atoms with E-state index in [1.54, 1.807) is 24.3 Å². The summed E-state index contributed by atoms with van der Waals surface area (Å²) in [4.78, 5) is 7.86. The molecular formula is C21H24N4O6S2. The van der Waals surface area contributed by atoms with Crippen LogP contribution in [0.3, 0.4) is 0 Å². The smallest absolute Gasteiger partial charge is 0.321 e. The van der Waals surface area contributed by atoms with Crippen LogP contribution in [0, 0.1) is 0 Å². The van der Waals surface area contributed by atoms with Gasteiger partial charge in [-0.15, -0.1) is 0 Å². The van der Waals surface area contributed by atoms with Gasteiger partial charge in [-0.2, -0.15) is 9.97 Å². The minimum Gasteiger partial charge on any atom is -0.481 e. The lowest BCUT2D eigenvalue weighted by molar-refractivity contribution is 0.353. The van der Waals surface area contributed by atoms with Crippen molar-refractivity contribution >= 4 is 31.6 Å². The highest BCUT2D eigenvalue weighted by Crippen LogP contribution is 2.23. The summed E-state index contributed by atoms with van der Waals surface area (Å²) in [5, 5.41) is 0. The molecule has 0 fully saturated rings. The number of nitrogens with zero attached hydrogens (tertiary/aromatic N) is 2. The number of nitrogens with one attached hydrogen (secondary N) is 2. The van der Waals surface area contributed by atoms with Crippen molar-refractivity contribution in [2.75, 3.05) is 23.7 Å². The number of benzene rings is 2. The first-order valence-corrected chi connectivity index (χ1v) is 12.8. The number of aryl methyl sites for hydroxylation is 1. The summed E-state index contributed by atoms with van der Waals surface area (Å²) in [5.74, 6) is 0.0713. The van der Waals surface area contributed by atoms with E-state index in [2.05, 4.69) is 19.4 Å². The fraction of sp³-hybridized carbons (Fsp3) is 0.238. The van der Waals surface area contributed by atoms with Crippen molar-refractivity contribution in [1.82, 2.24) is 9.97 Å². The van der Waals surface area contributed by atoms with Gasteiger partial charge in [-0.25, -0.2) is 16.8 Å². The van der Waals surface area contributed by atoms with Gasteiger partial charge in [0.2, 0.25) is 5.88 Å². The first-order valence-electron chi connectivity index (χ1n) is 9.88. The summed E-state index contributed by atoms with van der Waals surface area (Å²) in [6.45, 7) is 2.05. The maximum absolute atomic E-state index is 12.7. The van der Waals surface area contributed by atoms with Crippen LogP contribution in [0.4, 0.5) is 11.5 Å². The van der Waals surface area contributed by atoms with Gasteiger partial charge in [0.1, 0.15) is 0 Å². The van der Waals surface area contributed by atoms with Crippen LogP contribution < -0.4 is 18.9 Å². The molecule has 0 unspecified atom stereocenters. The number of methoxy groups -OCH3 is 2.